The summed E-state index contributed by atoms with van der Waals surface area (Å²) in [6.45, 7) is 3.93. The van der Waals surface area contributed by atoms with Crippen LogP contribution in [0.15, 0.2) is 36.7 Å². The van der Waals surface area contributed by atoms with Gasteiger partial charge in [-0.3, -0.25) is 9.78 Å². The van der Waals surface area contributed by atoms with Crippen LogP contribution in [-0.4, -0.2) is 29.9 Å². The van der Waals surface area contributed by atoms with E-state index in [9.17, 15) is 0 Å². The standard InChI is InChI=1S/C20H18ClN7/c1-10-6-15-14(9-23-25-15)18(19(10)21)17-11(2)28(22)26-20(17)12-4-5-13-8-24-27(3)16(13)7-12/h4-9H,22H2,1-3H3,(H,23,25). The number of benzene rings is 2. The summed E-state index contributed by atoms with van der Waals surface area (Å²) in [5.74, 6) is 6.17. The van der Waals surface area contributed by atoms with Crippen molar-refractivity contribution >= 4 is 33.4 Å². The van der Waals surface area contributed by atoms with Crippen LogP contribution in [-0.2, 0) is 7.05 Å². The summed E-state index contributed by atoms with van der Waals surface area (Å²) in [6, 6.07) is 8.14. The van der Waals surface area contributed by atoms with Gasteiger partial charge in [0.1, 0.15) is 5.69 Å². The molecule has 0 aliphatic carbocycles. The first-order valence-corrected chi connectivity index (χ1v) is 9.23. The van der Waals surface area contributed by atoms with E-state index in [0.29, 0.717) is 5.02 Å². The average molecular weight is 392 g/mol. The minimum atomic E-state index is 0.674. The molecule has 0 bridgehead atoms. The highest BCUT2D eigenvalue weighted by molar-refractivity contribution is 6.36. The Kier molecular flexibility index (Phi) is 3.51. The number of aromatic amines is 1. The maximum Gasteiger partial charge on any atom is 0.103 e. The molecule has 3 aromatic heterocycles. The van der Waals surface area contributed by atoms with Crippen LogP contribution >= 0.6 is 11.6 Å². The smallest absolute Gasteiger partial charge is 0.103 e. The van der Waals surface area contributed by atoms with E-state index in [4.69, 9.17) is 17.4 Å². The van der Waals surface area contributed by atoms with E-state index in [2.05, 4.69) is 26.5 Å². The van der Waals surface area contributed by atoms with Gasteiger partial charge in [-0.25, -0.2) is 0 Å². The fraction of sp³-hybridized carbons (Fsp3) is 0.150. The normalized spacial score (nSPS) is 11.7. The van der Waals surface area contributed by atoms with E-state index in [1.165, 1.54) is 4.79 Å². The second kappa shape index (κ2) is 5.84. The van der Waals surface area contributed by atoms with E-state index in [0.717, 1.165) is 55.4 Å². The molecule has 0 atom stereocenters. The van der Waals surface area contributed by atoms with Gasteiger partial charge < -0.3 is 5.84 Å². The molecule has 0 spiro atoms. The van der Waals surface area contributed by atoms with Gasteiger partial charge in [0, 0.05) is 34.5 Å². The fourth-order valence-corrected chi connectivity index (χ4v) is 4.01. The zero-order chi connectivity index (χ0) is 19.6. The van der Waals surface area contributed by atoms with Crippen LogP contribution in [0.25, 0.3) is 44.2 Å². The molecular formula is C20H18ClN7. The second-order valence-corrected chi connectivity index (χ2v) is 7.39. The molecule has 28 heavy (non-hydrogen) atoms. The summed E-state index contributed by atoms with van der Waals surface area (Å²) in [7, 11) is 1.92. The predicted molar refractivity (Wildman–Crippen MR) is 112 cm³/mol. The summed E-state index contributed by atoms with van der Waals surface area (Å²) in [5.41, 5.74) is 7.26. The van der Waals surface area contributed by atoms with Crippen molar-refractivity contribution in [2.75, 3.05) is 5.84 Å². The van der Waals surface area contributed by atoms with Crippen molar-refractivity contribution in [1.82, 2.24) is 29.9 Å². The van der Waals surface area contributed by atoms with Crippen molar-refractivity contribution in [3.8, 4) is 22.4 Å². The Balaban J connectivity index is 1.86. The molecule has 3 N–H and O–H groups in total. The molecule has 8 heteroatoms. The zero-order valence-electron chi connectivity index (χ0n) is 15.7. The molecule has 0 radical (unpaired) electrons. The molecule has 0 fully saturated rings. The minimum Gasteiger partial charge on any atom is -0.323 e. The first kappa shape index (κ1) is 16.8. The van der Waals surface area contributed by atoms with Crippen LogP contribution in [0.3, 0.4) is 0 Å². The van der Waals surface area contributed by atoms with Gasteiger partial charge in [-0.15, -0.1) is 0 Å². The van der Waals surface area contributed by atoms with Gasteiger partial charge >= 0.3 is 0 Å². The number of rotatable bonds is 2. The lowest BCUT2D eigenvalue weighted by molar-refractivity contribution is 0.796. The molecule has 0 unspecified atom stereocenters. The van der Waals surface area contributed by atoms with Crippen LogP contribution in [0.1, 0.15) is 11.3 Å². The van der Waals surface area contributed by atoms with Gasteiger partial charge in [-0.05, 0) is 31.5 Å². The Morgan fingerprint density at radius 2 is 1.93 bits per heavy atom. The molecule has 7 nitrogen and oxygen atoms in total. The highest BCUT2D eigenvalue weighted by atomic mass is 35.5. The van der Waals surface area contributed by atoms with Crippen molar-refractivity contribution in [3.63, 3.8) is 0 Å². The van der Waals surface area contributed by atoms with Gasteiger partial charge in [-0.2, -0.15) is 20.1 Å². The fourth-order valence-electron chi connectivity index (χ4n) is 3.76. The monoisotopic (exact) mass is 391 g/mol. The first-order valence-electron chi connectivity index (χ1n) is 8.85. The number of halogens is 1. The maximum atomic E-state index is 6.77. The molecule has 0 amide bonds. The van der Waals surface area contributed by atoms with Crippen molar-refractivity contribution < 1.29 is 0 Å². The number of aryl methyl sites for hydroxylation is 2. The number of H-pyrrole nitrogens is 1. The lowest BCUT2D eigenvalue weighted by atomic mass is 9.94. The highest BCUT2D eigenvalue weighted by Gasteiger charge is 2.23. The number of nitrogens with two attached hydrogens (primary N) is 1. The highest BCUT2D eigenvalue weighted by Crippen LogP contribution is 2.43. The van der Waals surface area contributed by atoms with Gasteiger partial charge in [-0.1, -0.05) is 23.7 Å². The quantitative estimate of drug-likeness (QED) is 0.445. The Labute approximate surface area is 165 Å². The lowest BCUT2D eigenvalue weighted by Crippen LogP contribution is -2.11. The third kappa shape index (κ3) is 2.26. The second-order valence-electron chi connectivity index (χ2n) is 7.01. The molecule has 3 heterocycles. The Bertz CT molecular complexity index is 1370. The molecule has 0 saturated heterocycles. The van der Waals surface area contributed by atoms with Crippen LogP contribution in [0.2, 0.25) is 5.02 Å². The van der Waals surface area contributed by atoms with Crippen LogP contribution in [0.4, 0.5) is 0 Å². The third-order valence-electron chi connectivity index (χ3n) is 5.29. The molecule has 5 aromatic rings. The number of nitrogen functional groups attached to an aromatic ring is 1. The number of hydrogen-bond donors (Lipinski definition) is 2. The van der Waals surface area contributed by atoms with E-state index in [1.807, 2.05) is 50.0 Å². The van der Waals surface area contributed by atoms with E-state index >= 15 is 0 Å². The summed E-state index contributed by atoms with van der Waals surface area (Å²) in [6.07, 6.45) is 3.64. The van der Waals surface area contributed by atoms with Crippen molar-refractivity contribution in [2.45, 2.75) is 13.8 Å². The van der Waals surface area contributed by atoms with E-state index in [-0.39, 0.29) is 0 Å². The SMILES string of the molecule is Cc1cc2[nH]ncc2c(-c2c(-c3ccc4cnn(C)c4c3)nn(N)c2C)c1Cl. The molecule has 140 valence electrons. The summed E-state index contributed by atoms with van der Waals surface area (Å²) >= 11 is 6.77. The summed E-state index contributed by atoms with van der Waals surface area (Å²) in [4.78, 5) is 1.41. The Hall–Kier alpha value is -3.32. The van der Waals surface area contributed by atoms with Gasteiger partial charge in [0.15, 0.2) is 0 Å². The molecule has 0 saturated carbocycles. The maximum absolute atomic E-state index is 6.77. The lowest BCUT2D eigenvalue weighted by Gasteiger charge is -2.11. The summed E-state index contributed by atoms with van der Waals surface area (Å²) < 4.78 is 1.85. The largest absolute Gasteiger partial charge is 0.323 e. The Morgan fingerprint density at radius 1 is 1.11 bits per heavy atom. The molecule has 2 aromatic carbocycles. The van der Waals surface area contributed by atoms with Crippen LogP contribution < -0.4 is 5.84 Å². The summed E-state index contributed by atoms with van der Waals surface area (Å²) in [5, 5.41) is 18.9. The average Bonchev–Trinajstić information content (AvgIpc) is 3.36. The van der Waals surface area contributed by atoms with E-state index in [1.54, 1.807) is 6.20 Å². The molecule has 0 aliphatic heterocycles. The molecule has 5 rings (SSSR count). The minimum absolute atomic E-state index is 0.674. The van der Waals surface area contributed by atoms with Crippen LogP contribution in [0.5, 0.6) is 0 Å². The number of nitrogens with one attached hydrogen (secondary N) is 1. The third-order valence-corrected chi connectivity index (χ3v) is 5.77. The first-order chi connectivity index (χ1) is 13.5. The van der Waals surface area contributed by atoms with Gasteiger partial charge in [0.05, 0.1) is 34.1 Å². The number of hydrogen-bond acceptors (Lipinski definition) is 4. The molecule has 0 aliphatic rings. The number of aromatic nitrogens is 6. The van der Waals surface area contributed by atoms with E-state index < -0.39 is 0 Å². The number of fused-ring (bicyclic) bond motifs is 2. The molecular weight excluding hydrogens is 374 g/mol. The number of nitrogens with zero attached hydrogens (tertiary/aromatic N) is 5. The van der Waals surface area contributed by atoms with Crippen LogP contribution in [0, 0.1) is 13.8 Å². The van der Waals surface area contributed by atoms with Crippen molar-refractivity contribution in [3.05, 3.63) is 52.9 Å². The Morgan fingerprint density at radius 3 is 2.75 bits per heavy atom. The van der Waals surface area contributed by atoms with Gasteiger partial charge in [0.2, 0.25) is 0 Å². The van der Waals surface area contributed by atoms with Crippen molar-refractivity contribution in [2.24, 2.45) is 7.05 Å². The van der Waals surface area contributed by atoms with Gasteiger partial charge in [0.25, 0.3) is 0 Å². The van der Waals surface area contributed by atoms with Crippen molar-refractivity contribution in [1.29, 1.82) is 0 Å². The topological polar surface area (TPSA) is 90.3 Å². The zero-order valence-corrected chi connectivity index (χ0v) is 16.4. The predicted octanol–water partition coefficient (Wildman–Crippen LogP) is 3.96.